The molecule has 5 nitrogen and oxygen atoms in total. The van der Waals surface area contributed by atoms with Gasteiger partial charge in [-0.05, 0) is 44.4 Å². The maximum Gasteiger partial charge on any atom is 0.317 e. The first-order chi connectivity index (χ1) is 12.6. The second kappa shape index (κ2) is 8.62. The van der Waals surface area contributed by atoms with Crippen molar-refractivity contribution in [3.8, 4) is 0 Å². The average Bonchev–Trinajstić information content (AvgIpc) is 3.08. The van der Waals surface area contributed by atoms with Crippen LogP contribution in [0.15, 0.2) is 41.4 Å². The summed E-state index contributed by atoms with van der Waals surface area (Å²) < 4.78 is 1.83. The van der Waals surface area contributed by atoms with E-state index in [9.17, 15) is 4.79 Å². The lowest BCUT2D eigenvalue weighted by atomic mass is 10.1. The lowest BCUT2D eigenvalue weighted by Gasteiger charge is -2.33. The largest absolute Gasteiger partial charge is 0.330 e. The van der Waals surface area contributed by atoms with Crippen molar-refractivity contribution in [2.45, 2.75) is 49.3 Å². The normalized spacial score (nSPS) is 16.5. The molecule has 0 bridgehead atoms. The minimum Gasteiger partial charge on any atom is -0.330 e. The molecule has 0 unspecified atom stereocenters. The molecule has 0 aliphatic carbocycles. The quantitative estimate of drug-likeness (QED) is 0.858. The van der Waals surface area contributed by atoms with Gasteiger partial charge in [-0.1, -0.05) is 24.6 Å². The van der Waals surface area contributed by atoms with Crippen LogP contribution in [-0.4, -0.2) is 39.1 Å². The standard InChI is InChI=1S/C20H28N4OS/c1-4-18(19-9-12-21-23(19)3)22-20(25)24-13-10-17(11-14-24)26-16-7-5-15(2)6-8-16/h5-9,12,17-18H,4,10-11,13-14H2,1-3H3,(H,22,25)/t18-/m0/s1. The molecule has 1 fully saturated rings. The van der Waals surface area contributed by atoms with Gasteiger partial charge < -0.3 is 10.2 Å². The van der Waals surface area contributed by atoms with Crippen LogP contribution in [-0.2, 0) is 7.05 Å². The van der Waals surface area contributed by atoms with E-state index in [4.69, 9.17) is 0 Å². The van der Waals surface area contributed by atoms with E-state index in [0.717, 1.165) is 38.0 Å². The molecule has 3 rings (SSSR count). The zero-order valence-corrected chi connectivity index (χ0v) is 16.6. The van der Waals surface area contributed by atoms with E-state index < -0.39 is 0 Å². The van der Waals surface area contributed by atoms with Crippen molar-refractivity contribution in [1.82, 2.24) is 20.0 Å². The second-order valence-corrected chi connectivity index (χ2v) is 8.28. The maximum absolute atomic E-state index is 12.7. The first-order valence-electron chi connectivity index (χ1n) is 9.33. The number of rotatable bonds is 5. The highest BCUT2D eigenvalue weighted by Crippen LogP contribution is 2.30. The Kier molecular flexibility index (Phi) is 6.25. The van der Waals surface area contributed by atoms with Gasteiger partial charge in [-0.25, -0.2) is 4.79 Å². The van der Waals surface area contributed by atoms with Crippen molar-refractivity contribution >= 4 is 17.8 Å². The van der Waals surface area contributed by atoms with E-state index in [1.807, 2.05) is 34.5 Å². The molecule has 1 aromatic carbocycles. The molecule has 26 heavy (non-hydrogen) atoms. The summed E-state index contributed by atoms with van der Waals surface area (Å²) >= 11 is 1.94. The van der Waals surface area contributed by atoms with Crippen LogP contribution < -0.4 is 5.32 Å². The summed E-state index contributed by atoms with van der Waals surface area (Å²) in [5, 5.41) is 7.96. The number of hydrogen-bond donors (Lipinski definition) is 1. The Labute approximate surface area is 160 Å². The van der Waals surface area contributed by atoms with Crippen LogP contribution in [0.1, 0.15) is 43.5 Å². The van der Waals surface area contributed by atoms with Gasteiger partial charge in [0, 0.05) is 36.5 Å². The van der Waals surface area contributed by atoms with Gasteiger partial charge >= 0.3 is 6.03 Å². The van der Waals surface area contributed by atoms with E-state index in [0.29, 0.717) is 5.25 Å². The van der Waals surface area contributed by atoms with E-state index in [-0.39, 0.29) is 12.1 Å². The van der Waals surface area contributed by atoms with Crippen molar-refractivity contribution in [2.24, 2.45) is 7.05 Å². The van der Waals surface area contributed by atoms with Crippen LogP contribution in [0, 0.1) is 6.92 Å². The zero-order valence-electron chi connectivity index (χ0n) is 15.8. The van der Waals surface area contributed by atoms with Crippen LogP contribution in [0.25, 0.3) is 0 Å². The highest BCUT2D eigenvalue weighted by Gasteiger charge is 2.25. The first-order valence-corrected chi connectivity index (χ1v) is 10.2. The average molecular weight is 373 g/mol. The topological polar surface area (TPSA) is 50.2 Å². The molecule has 1 atom stereocenters. The molecule has 0 saturated carbocycles. The molecule has 1 saturated heterocycles. The van der Waals surface area contributed by atoms with Crippen LogP contribution in [0.5, 0.6) is 0 Å². The smallest absolute Gasteiger partial charge is 0.317 e. The summed E-state index contributed by atoms with van der Waals surface area (Å²) in [5.74, 6) is 0. The fraction of sp³-hybridized carbons (Fsp3) is 0.500. The predicted molar refractivity (Wildman–Crippen MR) is 106 cm³/mol. The number of nitrogens with zero attached hydrogens (tertiary/aromatic N) is 3. The Balaban J connectivity index is 1.50. The Hall–Kier alpha value is -1.95. The number of likely N-dealkylation sites (tertiary alicyclic amines) is 1. The summed E-state index contributed by atoms with van der Waals surface area (Å²) in [6, 6.07) is 10.7. The van der Waals surface area contributed by atoms with Gasteiger partial charge in [0.1, 0.15) is 0 Å². The van der Waals surface area contributed by atoms with Crippen LogP contribution in [0.3, 0.4) is 0 Å². The third kappa shape index (κ3) is 4.61. The Morgan fingerprint density at radius 2 is 1.96 bits per heavy atom. The van der Waals surface area contributed by atoms with E-state index >= 15 is 0 Å². The van der Waals surface area contributed by atoms with Gasteiger partial charge in [-0.2, -0.15) is 5.10 Å². The molecule has 2 heterocycles. The molecule has 1 aliphatic rings. The Morgan fingerprint density at radius 3 is 2.54 bits per heavy atom. The van der Waals surface area contributed by atoms with Crippen LogP contribution in [0.2, 0.25) is 0 Å². The summed E-state index contributed by atoms with van der Waals surface area (Å²) in [4.78, 5) is 15.9. The number of nitrogens with one attached hydrogen (secondary N) is 1. The van der Waals surface area contributed by atoms with Gasteiger partial charge in [0.25, 0.3) is 0 Å². The number of benzene rings is 1. The summed E-state index contributed by atoms with van der Waals surface area (Å²) in [7, 11) is 1.91. The van der Waals surface area contributed by atoms with Gasteiger partial charge in [0.2, 0.25) is 0 Å². The number of piperidine rings is 1. The number of urea groups is 1. The molecule has 1 N–H and O–H groups in total. The van der Waals surface area contributed by atoms with Gasteiger partial charge in [-0.3, -0.25) is 4.68 Å². The predicted octanol–water partition coefficient (Wildman–Crippen LogP) is 4.15. The van der Waals surface area contributed by atoms with E-state index in [1.165, 1.54) is 10.5 Å². The SMILES string of the molecule is CC[C@H](NC(=O)N1CCC(Sc2ccc(C)cc2)CC1)c1ccnn1C. The van der Waals surface area contributed by atoms with Gasteiger partial charge in [0.05, 0.1) is 11.7 Å². The lowest BCUT2D eigenvalue weighted by molar-refractivity contribution is 0.183. The zero-order chi connectivity index (χ0) is 18.5. The van der Waals surface area contributed by atoms with Crippen LogP contribution >= 0.6 is 11.8 Å². The molecular weight excluding hydrogens is 344 g/mol. The monoisotopic (exact) mass is 372 g/mol. The molecule has 0 spiro atoms. The van der Waals surface area contributed by atoms with Crippen molar-refractivity contribution in [1.29, 1.82) is 0 Å². The summed E-state index contributed by atoms with van der Waals surface area (Å²) in [6.07, 6.45) is 4.70. The van der Waals surface area contributed by atoms with Gasteiger partial charge in [-0.15, -0.1) is 11.8 Å². The highest BCUT2D eigenvalue weighted by molar-refractivity contribution is 8.00. The van der Waals surface area contributed by atoms with Gasteiger partial charge in [0.15, 0.2) is 0 Å². The van der Waals surface area contributed by atoms with Crippen molar-refractivity contribution in [2.75, 3.05) is 13.1 Å². The third-order valence-electron chi connectivity index (χ3n) is 4.97. The maximum atomic E-state index is 12.7. The van der Waals surface area contributed by atoms with E-state index in [2.05, 4.69) is 48.5 Å². The molecule has 6 heteroatoms. The van der Waals surface area contributed by atoms with Crippen LogP contribution in [0.4, 0.5) is 4.79 Å². The number of carbonyl (C=O) groups is 1. The molecule has 140 valence electrons. The first kappa shape index (κ1) is 18.8. The minimum atomic E-state index is 0.00894. The van der Waals surface area contributed by atoms with Crippen molar-refractivity contribution in [3.63, 3.8) is 0 Å². The summed E-state index contributed by atoms with van der Waals surface area (Å²) in [6.45, 7) is 5.83. The summed E-state index contributed by atoms with van der Waals surface area (Å²) in [5.41, 5.74) is 2.34. The van der Waals surface area contributed by atoms with Crippen molar-refractivity contribution in [3.05, 3.63) is 47.8 Å². The number of aryl methyl sites for hydroxylation is 2. The van der Waals surface area contributed by atoms with Crippen molar-refractivity contribution < 1.29 is 4.79 Å². The number of aromatic nitrogens is 2. The fourth-order valence-electron chi connectivity index (χ4n) is 3.34. The molecule has 2 amide bonds. The van der Waals surface area contributed by atoms with E-state index in [1.54, 1.807) is 6.20 Å². The molecule has 1 aromatic heterocycles. The number of amides is 2. The molecule has 0 radical (unpaired) electrons. The fourth-order valence-corrected chi connectivity index (χ4v) is 4.46. The number of thioether (sulfide) groups is 1. The number of carbonyl (C=O) groups excluding carboxylic acids is 1. The molecule has 1 aliphatic heterocycles. The third-order valence-corrected chi connectivity index (χ3v) is 6.32. The highest BCUT2D eigenvalue weighted by atomic mass is 32.2. The Bertz CT molecular complexity index is 720. The molecular formula is C20H28N4OS. The Morgan fingerprint density at radius 1 is 1.27 bits per heavy atom. The number of hydrogen-bond acceptors (Lipinski definition) is 3. The minimum absolute atomic E-state index is 0.00894. The second-order valence-electron chi connectivity index (χ2n) is 6.91. The molecule has 2 aromatic rings. The lowest BCUT2D eigenvalue weighted by Crippen LogP contribution is -2.46.